The average molecular weight is 165 g/mol. The van der Waals surface area contributed by atoms with Crippen LogP contribution in [0, 0.1) is 0 Å². The molecule has 0 aromatic rings. The second-order valence-electron chi connectivity index (χ2n) is 2.41. The second-order valence-corrected chi connectivity index (χ2v) is 2.41. The first-order chi connectivity index (χ1) is 4.24. The third-order valence-electron chi connectivity index (χ3n) is 1.74. The van der Waals surface area contributed by atoms with Gasteiger partial charge in [0.15, 0.2) is 0 Å². The van der Waals surface area contributed by atoms with Crippen molar-refractivity contribution in [1.29, 1.82) is 0 Å². The van der Waals surface area contributed by atoms with Gasteiger partial charge >= 0.3 is 0 Å². The molecule has 1 aliphatic rings. The molecule has 0 spiro atoms. The van der Waals surface area contributed by atoms with Gasteiger partial charge in [-0.3, -0.25) is 4.79 Å². The van der Waals surface area contributed by atoms with E-state index in [1.54, 1.807) is 6.92 Å². The first-order valence-corrected chi connectivity index (χ1v) is 3.17. The molecular weight excluding hydrogens is 152 g/mol. The Balaban J connectivity index is 0.000000810. The fourth-order valence-corrected chi connectivity index (χ4v) is 0.918. The second kappa shape index (κ2) is 3.78. The number of likely N-dealkylation sites (N-methyl/N-ethyl adjacent to an activating group) is 1. The van der Waals surface area contributed by atoms with Gasteiger partial charge in [0.1, 0.15) is 0 Å². The highest BCUT2D eigenvalue weighted by molar-refractivity contribution is 5.85. The molecule has 1 rings (SSSR count). The Kier molecular flexibility index (Phi) is 3.68. The fourth-order valence-electron chi connectivity index (χ4n) is 0.918. The molecule has 10 heavy (non-hydrogen) atoms. The Labute approximate surface area is 67.2 Å². The largest absolute Gasteiger partial charge is 0.340 e. The van der Waals surface area contributed by atoms with E-state index in [2.05, 4.69) is 5.32 Å². The third kappa shape index (κ3) is 1.85. The van der Waals surface area contributed by atoms with Gasteiger partial charge in [-0.1, -0.05) is 0 Å². The van der Waals surface area contributed by atoms with E-state index in [9.17, 15) is 4.79 Å². The lowest BCUT2D eigenvalue weighted by Gasteiger charge is -2.38. The standard InChI is InChI=1S/C6H12N2O.ClH/c1-5(9)8-3-6(4-8)7-2;/h6-7H,3-4H2,1-2H3;1H. The van der Waals surface area contributed by atoms with E-state index in [0.29, 0.717) is 6.04 Å². The van der Waals surface area contributed by atoms with Crippen molar-refractivity contribution in [2.24, 2.45) is 0 Å². The minimum atomic E-state index is 0. The molecule has 0 saturated carbocycles. The maximum Gasteiger partial charge on any atom is 0.219 e. The van der Waals surface area contributed by atoms with Crippen molar-refractivity contribution in [3.8, 4) is 0 Å². The normalized spacial score (nSPS) is 17.6. The molecule has 0 atom stereocenters. The smallest absolute Gasteiger partial charge is 0.219 e. The van der Waals surface area contributed by atoms with Crippen molar-refractivity contribution in [3.63, 3.8) is 0 Å². The molecule has 1 N–H and O–H groups in total. The van der Waals surface area contributed by atoms with Gasteiger partial charge < -0.3 is 10.2 Å². The molecule has 0 aromatic carbocycles. The van der Waals surface area contributed by atoms with Crippen molar-refractivity contribution in [2.45, 2.75) is 13.0 Å². The van der Waals surface area contributed by atoms with Crippen LogP contribution in [-0.2, 0) is 4.79 Å². The molecule has 4 heteroatoms. The number of halogens is 1. The molecule has 3 nitrogen and oxygen atoms in total. The molecule has 1 aliphatic heterocycles. The third-order valence-corrected chi connectivity index (χ3v) is 1.74. The van der Waals surface area contributed by atoms with Crippen LogP contribution in [0.4, 0.5) is 0 Å². The van der Waals surface area contributed by atoms with Gasteiger partial charge in [0.2, 0.25) is 5.91 Å². The van der Waals surface area contributed by atoms with Gasteiger partial charge in [-0.15, -0.1) is 12.4 Å². The van der Waals surface area contributed by atoms with Crippen LogP contribution in [0.5, 0.6) is 0 Å². The molecule has 1 fully saturated rings. The number of likely N-dealkylation sites (tertiary alicyclic amines) is 1. The maximum atomic E-state index is 10.6. The lowest BCUT2D eigenvalue weighted by molar-refractivity contribution is -0.133. The molecule has 1 saturated heterocycles. The summed E-state index contributed by atoms with van der Waals surface area (Å²) in [7, 11) is 1.92. The molecule has 0 bridgehead atoms. The van der Waals surface area contributed by atoms with Gasteiger partial charge in [0.25, 0.3) is 0 Å². The van der Waals surface area contributed by atoms with Crippen LogP contribution in [0.3, 0.4) is 0 Å². The van der Waals surface area contributed by atoms with Crippen LogP contribution in [-0.4, -0.2) is 37.0 Å². The van der Waals surface area contributed by atoms with Crippen molar-refractivity contribution in [1.82, 2.24) is 10.2 Å². The van der Waals surface area contributed by atoms with Crippen molar-refractivity contribution < 1.29 is 4.79 Å². The van der Waals surface area contributed by atoms with Gasteiger partial charge in [-0.05, 0) is 7.05 Å². The molecule has 0 aliphatic carbocycles. The van der Waals surface area contributed by atoms with Crippen LogP contribution in [0.1, 0.15) is 6.92 Å². The maximum absolute atomic E-state index is 10.6. The van der Waals surface area contributed by atoms with Crippen LogP contribution in [0.2, 0.25) is 0 Å². The number of carbonyl (C=O) groups excluding carboxylic acids is 1. The van der Waals surface area contributed by atoms with E-state index in [-0.39, 0.29) is 18.3 Å². The van der Waals surface area contributed by atoms with Crippen LogP contribution >= 0.6 is 12.4 Å². The first kappa shape index (κ1) is 9.72. The Morgan fingerprint density at radius 1 is 1.60 bits per heavy atom. The zero-order chi connectivity index (χ0) is 6.85. The number of nitrogens with one attached hydrogen (secondary N) is 1. The number of rotatable bonds is 1. The van der Waals surface area contributed by atoms with Crippen LogP contribution in [0.15, 0.2) is 0 Å². The number of hydrogen-bond donors (Lipinski definition) is 1. The molecule has 0 unspecified atom stereocenters. The molecule has 1 amide bonds. The van der Waals surface area contributed by atoms with E-state index >= 15 is 0 Å². The highest BCUT2D eigenvalue weighted by atomic mass is 35.5. The molecule has 1 heterocycles. The summed E-state index contributed by atoms with van der Waals surface area (Å²) in [6, 6.07) is 0.536. The van der Waals surface area contributed by atoms with Crippen LogP contribution < -0.4 is 5.32 Å². The minimum absolute atomic E-state index is 0. The van der Waals surface area contributed by atoms with E-state index in [1.165, 1.54) is 0 Å². The number of carbonyl (C=O) groups is 1. The Bertz CT molecular complexity index is 123. The molecular formula is C6H13ClN2O. The molecule has 0 radical (unpaired) electrons. The summed E-state index contributed by atoms with van der Waals surface area (Å²) < 4.78 is 0. The minimum Gasteiger partial charge on any atom is -0.340 e. The zero-order valence-corrected chi connectivity index (χ0v) is 7.07. The van der Waals surface area contributed by atoms with Crippen LogP contribution in [0.25, 0.3) is 0 Å². The van der Waals surface area contributed by atoms with Gasteiger partial charge in [-0.25, -0.2) is 0 Å². The Morgan fingerprint density at radius 2 is 2.10 bits per heavy atom. The number of nitrogens with zero attached hydrogens (tertiary/aromatic N) is 1. The number of amides is 1. The summed E-state index contributed by atoms with van der Waals surface area (Å²) in [5.74, 6) is 0.182. The summed E-state index contributed by atoms with van der Waals surface area (Å²) in [6.45, 7) is 3.36. The average Bonchev–Trinajstić information content (AvgIpc) is 1.61. The molecule has 60 valence electrons. The fraction of sp³-hybridized carbons (Fsp3) is 0.833. The number of hydrogen-bond acceptors (Lipinski definition) is 2. The van der Waals surface area contributed by atoms with Gasteiger partial charge in [-0.2, -0.15) is 0 Å². The predicted molar refractivity (Wildman–Crippen MR) is 42.3 cm³/mol. The topological polar surface area (TPSA) is 32.3 Å². The van der Waals surface area contributed by atoms with Crippen molar-refractivity contribution >= 4 is 18.3 Å². The monoisotopic (exact) mass is 164 g/mol. The zero-order valence-electron chi connectivity index (χ0n) is 6.26. The summed E-state index contributed by atoms with van der Waals surface area (Å²) >= 11 is 0. The van der Waals surface area contributed by atoms with Crippen molar-refractivity contribution in [3.05, 3.63) is 0 Å². The highest BCUT2D eigenvalue weighted by Crippen LogP contribution is 2.05. The summed E-state index contributed by atoms with van der Waals surface area (Å²) in [5.41, 5.74) is 0. The lowest BCUT2D eigenvalue weighted by Crippen LogP contribution is -2.58. The Morgan fingerprint density at radius 3 is 2.40 bits per heavy atom. The molecule has 0 aromatic heterocycles. The van der Waals surface area contributed by atoms with Crippen molar-refractivity contribution in [2.75, 3.05) is 20.1 Å². The summed E-state index contributed by atoms with van der Waals surface area (Å²) in [4.78, 5) is 12.4. The Hall–Kier alpha value is -0.280. The summed E-state index contributed by atoms with van der Waals surface area (Å²) in [6.07, 6.45) is 0. The van der Waals surface area contributed by atoms with E-state index in [4.69, 9.17) is 0 Å². The van der Waals surface area contributed by atoms with Gasteiger partial charge in [0, 0.05) is 26.1 Å². The van der Waals surface area contributed by atoms with E-state index in [1.807, 2.05) is 11.9 Å². The summed E-state index contributed by atoms with van der Waals surface area (Å²) in [5, 5.41) is 3.09. The van der Waals surface area contributed by atoms with E-state index < -0.39 is 0 Å². The SMILES string of the molecule is CNC1CN(C(C)=O)C1.Cl. The lowest BCUT2D eigenvalue weighted by atomic mass is 10.1. The van der Waals surface area contributed by atoms with Gasteiger partial charge in [0.05, 0.1) is 0 Å². The quantitative estimate of drug-likeness (QED) is 0.585. The van der Waals surface area contributed by atoms with E-state index in [0.717, 1.165) is 13.1 Å². The highest BCUT2D eigenvalue weighted by Gasteiger charge is 2.26. The first-order valence-electron chi connectivity index (χ1n) is 3.17. The predicted octanol–water partition coefficient (Wildman–Crippen LogP) is -0.142.